The van der Waals surface area contributed by atoms with Crippen LogP contribution in [0.3, 0.4) is 0 Å². The molecule has 2 aliphatic rings. The molecule has 4 rings (SSSR count). The van der Waals surface area contributed by atoms with Crippen LogP contribution in [0, 0.1) is 12.8 Å². The highest BCUT2D eigenvalue weighted by Crippen LogP contribution is 2.45. The molecule has 31 heavy (non-hydrogen) atoms. The number of benzene rings is 1. The number of fused-ring (bicyclic) bond motifs is 1. The second kappa shape index (κ2) is 8.33. The maximum atomic E-state index is 13.5. The van der Waals surface area contributed by atoms with Crippen molar-refractivity contribution in [3.8, 4) is 0 Å². The highest BCUT2D eigenvalue weighted by atomic mass is 32.2. The average molecular weight is 448 g/mol. The molecule has 1 aromatic heterocycles. The van der Waals surface area contributed by atoms with Crippen LogP contribution in [0.25, 0.3) is 0 Å². The zero-order valence-electron chi connectivity index (χ0n) is 18.2. The van der Waals surface area contributed by atoms with Crippen molar-refractivity contribution in [3.05, 3.63) is 41.5 Å². The minimum atomic E-state index is -3.67. The molecule has 0 bridgehead atoms. The average Bonchev–Trinajstić information content (AvgIpc) is 3.38. The normalized spacial score (nSPS) is 24.4. The molecule has 2 aromatic rings. The lowest BCUT2D eigenvalue weighted by Gasteiger charge is -2.41. The van der Waals surface area contributed by atoms with E-state index in [1.807, 2.05) is 26.0 Å². The minimum Gasteiger partial charge on any atom is -0.375 e. The van der Waals surface area contributed by atoms with Gasteiger partial charge in [0.2, 0.25) is 15.9 Å². The van der Waals surface area contributed by atoms with Gasteiger partial charge in [-0.1, -0.05) is 19.1 Å². The maximum absolute atomic E-state index is 13.5. The molecule has 3 heterocycles. The van der Waals surface area contributed by atoms with Crippen molar-refractivity contribution in [1.82, 2.24) is 24.4 Å². The van der Waals surface area contributed by atoms with Gasteiger partial charge in [-0.2, -0.15) is 9.40 Å². The molecule has 2 fully saturated rings. The molecule has 0 unspecified atom stereocenters. The second-order valence-electron chi connectivity index (χ2n) is 8.42. The summed E-state index contributed by atoms with van der Waals surface area (Å²) in [6.45, 7) is 5.49. The Morgan fingerprint density at radius 3 is 2.65 bits per heavy atom. The van der Waals surface area contributed by atoms with Crippen molar-refractivity contribution < 1.29 is 17.9 Å². The van der Waals surface area contributed by atoms with E-state index < -0.39 is 15.4 Å². The Labute approximate surface area is 182 Å². The molecular formula is C21H29N5O4S. The summed E-state index contributed by atoms with van der Waals surface area (Å²) in [4.78, 5) is 19.0. The Hall–Kier alpha value is -2.30. The maximum Gasteiger partial charge on any atom is 0.248 e. The van der Waals surface area contributed by atoms with Crippen molar-refractivity contribution in [2.75, 3.05) is 39.9 Å². The van der Waals surface area contributed by atoms with Crippen molar-refractivity contribution in [2.45, 2.75) is 37.0 Å². The summed E-state index contributed by atoms with van der Waals surface area (Å²) in [5.74, 6) is 1.14. The van der Waals surface area contributed by atoms with E-state index in [0.717, 1.165) is 12.0 Å². The van der Waals surface area contributed by atoms with Gasteiger partial charge in [-0.3, -0.25) is 9.89 Å². The number of H-pyrrole nitrogens is 1. The van der Waals surface area contributed by atoms with Gasteiger partial charge in [-0.25, -0.2) is 13.4 Å². The van der Waals surface area contributed by atoms with Crippen LogP contribution in [0.2, 0.25) is 0 Å². The first-order valence-corrected chi connectivity index (χ1v) is 12.0. The number of hydrogen-bond acceptors (Lipinski definition) is 6. The van der Waals surface area contributed by atoms with Crippen molar-refractivity contribution in [1.29, 1.82) is 0 Å². The molecule has 0 radical (unpaired) electrons. The van der Waals surface area contributed by atoms with Crippen LogP contribution in [0.4, 0.5) is 0 Å². The van der Waals surface area contributed by atoms with Gasteiger partial charge >= 0.3 is 0 Å². The van der Waals surface area contributed by atoms with Gasteiger partial charge in [-0.15, -0.1) is 0 Å². The third kappa shape index (κ3) is 3.88. The lowest BCUT2D eigenvalue weighted by molar-refractivity contribution is -0.137. The topological polar surface area (TPSA) is 108 Å². The number of piperidine rings is 1. The van der Waals surface area contributed by atoms with Gasteiger partial charge in [0.15, 0.2) is 5.82 Å². The highest BCUT2D eigenvalue weighted by molar-refractivity contribution is 7.89. The van der Waals surface area contributed by atoms with Crippen LogP contribution in [-0.2, 0) is 31.4 Å². The molecule has 2 atom stereocenters. The summed E-state index contributed by atoms with van der Waals surface area (Å²) in [5.41, 5.74) is 0.569. The molecule has 1 amide bonds. The van der Waals surface area contributed by atoms with Crippen LogP contribution in [0.5, 0.6) is 0 Å². The van der Waals surface area contributed by atoms with E-state index in [9.17, 15) is 13.2 Å². The number of carbonyl (C=O) groups excluding carboxylic acids is 1. The summed E-state index contributed by atoms with van der Waals surface area (Å²) in [6, 6.07) is 7.06. The van der Waals surface area contributed by atoms with Crippen molar-refractivity contribution in [3.63, 3.8) is 0 Å². The third-order valence-corrected chi connectivity index (χ3v) is 8.39. The molecule has 1 N–H and O–H groups in total. The summed E-state index contributed by atoms with van der Waals surface area (Å²) in [7, 11) is -2.17. The molecule has 0 aliphatic carbocycles. The second-order valence-corrected chi connectivity index (χ2v) is 10.4. The number of ether oxygens (including phenoxy) is 1. The number of rotatable bonds is 6. The number of hydrogen-bond donors (Lipinski definition) is 1. The Morgan fingerprint density at radius 1 is 1.29 bits per heavy atom. The fourth-order valence-corrected chi connectivity index (χ4v) is 6.29. The van der Waals surface area contributed by atoms with E-state index in [0.29, 0.717) is 44.2 Å². The van der Waals surface area contributed by atoms with Crippen molar-refractivity contribution >= 4 is 15.9 Å². The Balaban J connectivity index is 1.66. The number of nitrogens with zero attached hydrogens (tertiary/aromatic N) is 4. The van der Waals surface area contributed by atoms with Crippen LogP contribution >= 0.6 is 0 Å². The Kier molecular flexibility index (Phi) is 5.89. The molecule has 9 nitrogen and oxygen atoms in total. The molecule has 2 saturated heterocycles. The van der Waals surface area contributed by atoms with E-state index in [4.69, 9.17) is 4.74 Å². The number of aryl methyl sites for hydroxylation is 2. The third-order valence-electron chi connectivity index (χ3n) is 6.57. The van der Waals surface area contributed by atoms with Gasteiger partial charge in [0.05, 0.1) is 10.3 Å². The summed E-state index contributed by atoms with van der Waals surface area (Å²) in [5, 5.41) is 7.30. The van der Waals surface area contributed by atoms with Crippen LogP contribution in [0.1, 0.15) is 30.6 Å². The predicted molar refractivity (Wildman–Crippen MR) is 114 cm³/mol. The van der Waals surface area contributed by atoms with Gasteiger partial charge in [0, 0.05) is 39.2 Å². The number of sulfonamides is 1. The Morgan fingerprint density at radius 2 is 2.03 bits per heavy atom. The van der Waals surface area contributed by atoms with Crippen LogP contribution in [0.15, 0.2) is 29.2 Å². The van der Waals surface area contributed by atoms with E-state index in [1.165, 1.54) is 11.4 Å². The lowest BCUT2D eigenvalue weighted by atomic mass is 9.72. The van der Waals surface area contributed by atoms with Crippen LogP contribution < -0.4 is 0 Å². The van der Waals surface area contributed by atoms with E-state index in [-0.39, 0.29) is 23.3 Å². The van der Waals surface area contributed by atoms with Gasteiger partial charge in [-0.05, 0) is 37.5 Å². The van der Waals surface area contributed by atoms with Crippen molar-refractivity contribution in [2.24, 2.45) is 5.92 Å². The lowest BCUT2D eigenvalue weighted by Crippen LogP contribution is -2.52. The smallest absolute Gasteiger partial charge is 0.248 e. The first-order chi connectivity index (χ1) is 14.8. The van der Waals surface area contributed by atoms with E-state index in [2.05, 4.69) is 15.2 Å². The van der Waals surface area contributed by atoms with Gasteiger partial charge in [0.25, 0.3) is 0 Å². The van der Waals surface area contributed by atoms with Crippen LogP contribution in [-0.4, -0.2) is 78.6 Å². The summed E-state index contributed by atoms with van der Waals surface area (Å²) in [6.07, 6.45) is 1.45. The monoisotopic (exact) mass is 447 g/mol. The number of amides is 1. The molecule has 10 heteroatoms. The first kappa shape index (κ1) is 21.9. The SMILES string of the molecule is CCc1ccc(S(=O)(=O)N2C[C@H]3CN(C(=O)COC)CC[C@@]3(c3n[nH]c(C)n3)C2)cc1. The number of carbonyl (C=O) groups is 1. The van der Waals surface area contributed by atoms with E-state index >= 15 is 0 Å². The predicted octanol–water partition coefficient (Wildman–Crippen LogP) is 1.11. The fraction of sp³-hybridized carbons (Fsp3) is 0.571. The zero-order chi connectivity index (χ0) is 22.2. The first-order valence-electron chi connectivity index (χ1n) is 10.6. The van der Waals surface area contributed by atoms with Gasteiger partial charge < -0.3 is 9.64 Å². The zero-order valence-corrected chi connectivity index (χ0v) is 19.0. The fourth-order valence-electron chi connectivity index (χ4n) is 4.74. The number of likely N-dealkylation sites (tertiary alicyclic amines) is 1. The number of aromatic nitrogens is 3. The summed E-state index contributed by atoms with van der Waals surface area (Å²) < 4.78 is 33.4. The molecule has 0 spiro atoms. The Bertz CT molecular complexity index is 1050. The number of nitrogens with one attached hydrogen (secondary N) is 1. The molecular weight excluding hydrogens is 418 g/mol. The standard InChI is InChI=1S/C21H29N5O4S/c1-4-16-5-7-18(8-6-16)31(28,29)26-12-17-11-25(19(27)13-30-3)10-9-21(17,14-26)20-22-15(2)23-24-20/h5-8,17H,4,9-14H2,1-3H3,(H,22,23,24)/t17-,21-/m1/s1. The minimum absolute atomic E-state index is 0.0191. The number of methoxy groups -OCH3 is 1. The molecule has 168 valence electrons. The number of aromatic amines is 1. The largest absolute Gasteiger partial charge is 0.375 e. The van der Waals surface area contributed by atoms with Gasteiger partial charge in [0.1, 0.15) is 12.4 Å². The quantitative estimate of drug-likeness (QED) is 0.711. The molecule has 2 aliphatic heterocycles. The van der Waals surface area contributed by atoms with E-state index in [1.54, 1.807) is 17.0 Å². The molecule has 1 aromatic carbocycles. The summed E-state index contributed by atoms with van der Waals surface area (Å²) >= 11 is 0. The molecule has 0 saturated carbocycles. The highest BCUT2D eigenvalue weighted by Gasteiger charge is 2.56.